The molecule has 1 aliphatic carbocycles. The summed E-state index contributed by atoms with van der Waals surface area (Å²) in [6, 6.07) is 12.4. The third-order valence-electron chi connectivity index (χ3n) is 5.32. The lowest BCUT2D eigenvalue weighted by molar-refractivity contribution is 0.0815. The molecule has 2 aromatic heterocycles. The van der Waals surface area contributed by atoms with Crippen LogP contribution >= 0.6 is 0 Å². The van der Waals surface area contributed by atoms with Gasteiger partial charge in [0.15, 0.2) is 11.5 Å². The lowest BCUT2D eigenvalue weighted by Gasteiger charge is -2.20. The number of rotatable bonds is 1. The summed E-state index contributed by atoms with van der Waals surface area (Å²) in [4.78, 5) is 30.6. The SMILES string of the molecule is Cc1noc2nc3c(c(-c4ccc5c(c4)OCO5)c12)C(=O)C(=O)c1ccccc1-3. The molecule has 7 nitrogen and oxygen atoms in total. The Kier molecular flexibility index (Phi) is 3.04. The van der Waals surface area contributed by atoms with Gasteiger partial charge in [-0.05, 0) is 24.6 Å². The fourth-order valence-electron chi connectivity index (χ4n) is 4.00. The number of fused-ring (bicyclic) bond motifs is 5. The van der Waals surface area contributed by atoms with E-state index in [1.54, 1.807) is 37.3 Å². The minimum atomic E-state index is -0.596. The quantitative estimate of drug-likeness (QED) is 0.459. The Hall–Kier alpha value is -4.00. The third kappa shape index (κ3) is 2.07. The van der Waals surface area contributed by atoms with Crippen LogP contribution in [0.3, 0.4) is 0 Å². The predicted octanol–water partition coefficient (Wildman–Crippen LogP) is 3.97. The number of benzene rings is 2. The Balaban J connectivity index is 1.77. The van der Waals surface area contributed by atoms with Crippen molar-refractivity contribution in [3.8, 4) is 33.9 Å². The number of aryl methyl sites for hydroxylation is 1. The number of pyridine rings is 1. The van der Waals surface area contributed by atoms with Crippen LogP contribution in [0.15, 0.2) is 47.0 Å². The van der Waals surface area contributed by atoms with Gasteiger partial charge in [-0.2, -0.15) is 0 Å². The van der Waals surface area contributed by atoms with Gasteiger partial charge in [0.2, 0.25) is 18.4 Å². The van der Waals surface area contributed by atoms with Gasteiger partial charge in [0.25, 0.3) is 5.71 Å². The molecule has 4 aromatic rings. The van der Waals surface area contributed by atoms with Gasteiger partial charge in [0.1, 0.15) is 0 Å². The first kappa shape index (κ1) is 16.0. The van der Waals surface area contributed by atoms with Crippen LogP contribution in [0.1, 0.15) is 26.4 Å². The molecule has 3 heterocycles. The first-order chi connectivity index (χ1) is 14.1. The zero-order chi connectivity index (χ0) is 19.7. The highest BCUT2D eigenvalue weighted by Crippen LogP contribution is 2.44. The van der Waals surface area contributed by atoms with Gasteiger partial charge in [0.05, 0.1) is 22.3 Å². The summed E-state index contributed by atoms with van der Waals surface area (Å²) in [5.74, 6) is 0.0553. The van der Waals surface area contributed by atoms with Crippen molar-refractivity contribution in [3.63, 3.8) is 0 Å². The maximum atomic E-state index is 13.2. The van der Waals surface area contributed by atoms with Gasteiger partial charge < -0.3 is 14.0 Å². The number of hydrogen-bond donors (Lipinski definition) is 0. The molecule has 6 rings (SSSR count). The molecular formula is C22H12N2O5. The Morgan fingerprint density at radius 2 is 1.69 bits per heavy atom. The lowest BCUT2D eigenvalue weighted by atomic mass is 9.82. The van der Waals surface area contributed by atoms with Gasteiger partial charge in [0, 0.05) is 16.7 Å². The highest BCUT2D eigenvalue weighted by atomic mass is 16.7. The fourth-order valence-corrected chi connectivity index (χ4v) is 4.00. The third-order valence-corrected chi connectivity index (χ3v) is 5.32. The molecular weight excluding hydrogens is 372 g/mol. The summed E-state index contributed by atoms with van der Waals surface area (Å²) < 4.78 is 16.3. The van der Waals surface area contributed by atoms with Crippen molar-refractivity contribution in [3.05, 3.63) is 59.3 Å². The van der Waals surface area contributed by atoms with Gasteiger partial charge in [-0.25, -0.2) is 4.98 Å². The summed E-state index contributed by atoms with van der Waals surface area (Å²) in [5, 5.41) is 4.64. The van der Waals surface area contributed by atoms with Crippen LogP contribution < -0.4 is 9.47 Å². The molecule has 0 amide bonds. The number of nitrogens with zero attached hydrogens (tertiary/aromatic N) is 2. The van der Waals surface area contributed by atoms with Crippen LogP contribution in [0.5, 0.6) is 11.5 Å². The summed E-state index contributed by atoms with van der Waals surface area (Å²) >= 11 is 0. The van der Waals surface area contributed by atoms with E-state index in [0.717, 1.165) is 0 Å². The summed E-state index contributed by atoms with van der Waals surface area (Å²) in [5.41, 5.74) is 3.77. The molecule has 1 aliphatic heterocycles. The molecule has 2 aliphatic rings. The number of carbonyl (C=O) groups excluding carboxylic acids is 2. The van der Waals surface area contributed by atoms with Crippen LogP contribution in [0, 0.1) is 6.92 Å². The maximum Gasteiger partial charge on any atom is 0.259 e. The van der Waals surface area contributed by atoms with Crippen molar-refractivity contribution in [2.75, 3.05) is 6.79 Å². The molecule has 0 fully saturated rings. The van der Waals surface area contributed by atoms with Crippen molar-refractivity contribution in [2.24, 2.45) is 0 Å². The first-order valence-corrected chi connectivity index (χ1v) is 9.02. The van der Waals surface area contributed by atoms with E-state index in [0.29, 0.717) is 56.2 Å². The average molecular weight is 384 g/mol. The number of carbonyl (C=O) groups is 2. The largest absolute Gasteiger partial charge is 0.454 e. The molecule has 0 saturated carbocycles. The molecule has 0 atom stereocenters. The second-order valence-electron chi connectivity index (χ2n) is 6.93. The van der Waals surface area contributed by atoms with Gasteiger partial charge >= 0.3 is 0 Å². The van der Waals surface area contributed by atoms with Crippen molar-refractivity contribution in [2.45, 2.75) is 6.92 Å². The van der Waals surface area contributed by atoms with Gasteiger partial charge in [-0.15, -0.1) is 0 Å². The molecule has 0 spiro atoms. The summed E-state index contributed by atoms with van der Waals surface area (Å²) in [7, 11) is 0. The van der Waals surface area contributed by atoms with E-state index in [-0.39, 0.29) is 12.4 Å². The molecule has 29 heavy (non-hydrogen) atoms. The van der Waals surface area contributed by atoms with Crippen molar-refractivity contribution in [1.29, 1.82) is 0 Å². The number of ether oxygens (including phenoxy) is 2. The topological polar surface area (TPSA) is 91.5 Å². The van der Waals surface area contributed by atoms with Crippen LogP contribution in [0.4, 0.5) is 0 Å². The van der Waals surface area contributed by atoms with E-state index in [9.17, 15) is 9.59 Å². The monoisotopic (exact) mass is 384 g/mol. The molecule has 140 valence electrons. The Bertz CT molecular complexity index is 1390. The number of aromatic nitrogens is 2. The average Bonchev–Trinajstić information content (AvgIpc) is 3.36. The van der Waals surface area contributed by atoms with Gasteiger partial charge in [-0.3, -0.25) is 9.59 Å². The first-order valence-electron chi connectivity index (χ1n) is 9.02. The van der Waals surface area contributed by atoms with Crippen LogP contribution in [0.25, 0.3) is 33.5 Å². The van der Waals surface area contributed by atoms with Crippen LogP contribution in [-0.4, -0.2) is 28.5 Å². The second kappa shape index (κ2) is 5.51. The van der Waals surface area contributed by atoms with E-state index in [2.05, 4.69) is 10.1 Å². The Morgan fingerprint density at radius 1 is 0.897 bits per heavy atom. The number of Topliss-reactive ketones (excluding diaryl/α,β-unsaturated/α-hetero) is 2. The number of ketones is 2. The molecule has 2 aromatic carbocycles. The van der Waals surface area contributed by atoms with Crippen LogP contribution in [0.2, 0.25) is 0 Å². The van der Waals surface area contributed by atoms with Crippen LogP contribution in [-0.2, 0) is 0 Å². The van der Waals surface area contributed by atoms with Crippen molar-refractivity contribution >= 4 is 22.7 Å². The zero-order valence-electron chi connectivity index (χ0n) is 15.2. The van der Waals surface area contributed by atoms with E-state index >= 15 is 0 Å². The van der Waals surface area contributed by atoms with E-state index in [1.165, 1.54) is 0 Å². The normalized spacial score (nSPS) is 14.2. The predicted molar refractivity (Wildman–Crippen MR) is 102 cm³/mol. The Labute approximate surface area is 163 Å². The van der Waals surface area contributed by atoms with Crippen molar-refractivity contribution in [1.82, 2.24) is 10.1 Å². The standard InChI is InChI=1S/C22H12N2O5/c1-10-16-17(11-6-7-14-15(8-11)28-9-27-14)18-19(23-22(16)29-24-10)12-4-2-3-5-13(12)20(25)21(18)26/h2-8H,9H2,1H3. The fraction of sp³-hybridized carbons (Fsp3) is 0.0909. The molecule has 7 heteroatoms. The van der Waals surface area contributed by atoms with E-state index in [4.69, 9.17) is 14.0 Å². The molecule has 0 bridgehead atoms. The van der Waals surface area contributed by atoms with E-state index < -0.39 is 11.6 Å². The zero-order valence-corrected chi connectivity index (χ0v) is 15.2. The molecule has 0 saturated heterocycles. The maximum absolute atomic E-state index is 13.2. The molecule has 0 unspecified atom stereocenters. The highest BCUT2D eigenvalue weighted by molar-refractivity contribution is 6.54. The summed E-state index contributed by atoms with van der Waals surface area (Å²) in [6.07, 6.45) is 0. The highest BCUT2D eigenvalue weighted by Gasteiger charge is 2.36. The Morgan fingerprint density at radius 3 is 2.55 bits per heavy atom. The lowest BCUT2D eigenvalue weighted by Crippen LogP contribution is -2.23. The van der Waals surface area contributed by atoms with E-state index in [1.807, 2.05) is 12.1 Å². The summed E-state index contributed by atoms with van der Waals surface area (Å²) in [6.45, 7) is 1.92. The minimum absolute atomic E-state index is 0.139. The molecule has 0 radical (unpaired) electrons. The minimum Gasteiger partial charge on any atom is -0.454 e. The number of hydrogen-bond acceptors (Lipinski definition) is 7. The second-order valence-corrected chi connectivity index (χ2v) is 6.93. The molecule has 0 N–H and O–H groups in total. The van der Waals surface area contributed by atoms with Crippen molar-refractivity contribution < 1.29 is 23.6 Å². The smallest absolute Gasteiger partial charge is 0.259 e. The van der Waals surface area contributed by atoms with Gasteiger partial charge in [-0.1, -0.05) is 35.5 Å².